The molecular weight excluding hydrogens is 234 g/mol. The van der Waals surface area contributed by atoms with Gasteiger partial charge in [-0.1, -0.05) is 58.6 Å². The van der Waals surface area contributed by atoms with Crippen molar-refractivity contribution in [2.75, 3.05) is 0 Å². The number of aryl methyl sites for hydroxylation is 2. The molecule has 0 aliphatic rings. The molecule has 0 amide bonds. The zero-order chi connectivity index (χ0) is 14.1. The van der Waals surface area contributed by atoms with Crippen LogP contribution in [0.25, 0.3) is 0 Å². The summed E-state index contributed by atoms with van der Waals surface area (Å²) >= 11 is 0. The third-order valence-corrected chi connectivity index (χ3v) is 3.56. The first-order valence-corrected chi connectivity index (χ1v) is 7.97. The van der Waals surface area contributed by atoms with Gasteiger partial charge in [0.05, 0.1) is 11.9 Å². The van der Waals surface area contributed by atoms with E-state index in [0.717, 1.165) is 24.8 Å². The van der Waals surface area contributed by atoms with Gasteiger partial charge in [0.2, 0.25) is 0 Å². The Hall–Kier alpha value is -0.860. The molecule has 0 N–H and O–H groups in total. The van der Waals surface area contributed by atoms with Crippen molar-refractivity contribution in [3.05, 3.63) is 11.9 Å². The molecule has 0 saturated heterocycles. The Balaban J connectivity index is 2.21. The van der Waals surface area contributed by atoms with Crippen LogP contribution in [0.4, 0.5) is 0 Å². The molecule has 19 heavy (non-hydrogen) atoms. The van der Waals surface area contributed by atoms with Crippen LogP contribution >= 0.6 is 0 Å². The van der Waals surface area contributed by atoms with Crippen molar-refractivity contribution >= 4 is 0 Å². The fourth-order valence-electron chi connectivity index (χ4n) is 2.34. The van der Waals surface area contributed by atoms with Gasteiger partial charge >= 0.3 is 0 Å². The molecule has 3 heteroatoms. The molecule has 1 heterocycles. The zero-order valence-corrected chi connectivity index (χ0v) is 13.2. The summed E-state index contributed by atoms with van der Waals surface area (Å²) in [5.41, 5.74) is 1.31. The molecule has 0 unspecified atom stereocenters. The molecule has 1 aromatic rings. The predicted octanol–water partition coefficient (Wildman–Crippen LogP) is 4.47. The molecule has 1 aromatic heterocycles. The van der Waals surface area contributed by atoms with E-state index in [1.165, 1.54) is 44.2 Å². The van der Waals surface area contributed by atoms with Crippen LogP contribution in [0, 0.1) is 11.8 Å². The summed E-state index contributed by atoms with van der Waals surface area (Å²) in [4.78, 5) is 0. The monoisotopic (exact) mass is 265 g/mol. The van der Waals surface area contributed by atoms with Gasteiger partial charge in [-0.05, 0) is 31.1 Å². The molecule has 0 atom stereocenters. The first-order valence-electron chi connectivity index (χ1n) is 7.97. The number of rotatable bonds is 10. The highest BCUT2D eigenvalue weighted by Gasteiger charge is 2.04. The third kappa shape index (κ3) is 7.34. The van der Waals surface area contributed by atoms with Gasteiger partial charge in [0.15, 0.2) is 0 Å². The average molecular weight is 265 g/mol. The van der Waals surface area contributed by atoms with E-state index in [1.807, 2.05) is 6.20 Å². The largest absolute Gasteiger partial charge is 0.249 e. The molecule has 110 valence electrons. The molecule has 0 bridgehead atoms. The Morgan fingerprint density at radius 3 is 2.32 bits per heavy atom. The minimum Gasteiger partial charge on any atom is -0.249 e. The molecular formula is C16H31N3. The number of aromatic nitrogens is 3. The fraction of sp³-hybridized carbons (Fsp3) is 0.875. The van der Waals surface area contributed by atoms with Gasteiger partial charge in [0.25, 0.3) is 0 Å². The fourth-order valence-corrected chi connectivity index (χ4v) is 2.34. The van der Waals surface area contributed by atoms with Gasteiger partial charge in [-0.2, -0.15) is 0 Å². The number of nitrogens with zero attached hydrogens (tertiary/aromatic N) is 3. The lowest BCUT2D eigenvalue weighted by Crippen LogP contribution is -2.06. The molecule has 0 aromatic carbocycles. The van der Waals surface area contributed by atoms with Gasteiger partial charge < -0.3 is 0 Å². The molecule has 1 rings (SSSR count). The molecule has 0 saturated carbocycles. The second-order valence-electron chi connectivity index (χ2n) is 6.48. The van der Waals surface area contributed by atoms with Crippen LogP contribution < -0.4 is 0 Å². The van der Waals surface area contributed by atoms with Crippen LogP contribution in [0.1, 0.15) is 71.9 Å². The van der Waals surface area contributed by atoms with Crippen LogP contribution in [-0.2, 0) is 13.0 Å². The lowest BCUT2D eigenvalue weighted by atomic mass is 10.0. The minimum atomic E-state index is 0.792. The van der Waals surface area contributed by atoms with Gasteiger partial charge in [0.1, 0.15) is 0 Å². The Labute approximate surface area is 118 Å². The second kappa shape index (κ2) is 9.11. The van der Waals surface area contributed by atoms with Gasteiger partial charge in [-0.3, -0.25) is 0 Å². The van der Waals surface area contributed by atoms with E-state index in [1.54, 1.807) is 0 Å². The maximum Gasteiger partial charge on any atom is 0.0725 e. The van der Waals surface area contributed by atoms with Crippen LogP contribution in [-0.4, -0.2) is 15.0 Å². The molecule has 0 spiro atoms. The lowest BCUT2D eigenvalue weighted by molar-refractivity contribution is 0.474. The summed E-state index contributed by atoms with van der Waals surface area (Å²) in [6, 6.07) is 0. The van der Waals surface area contributed by atoms with E-state index < -0.39 is 0 Å². The van der Waals surface area contributed by atoms with E-state index in [9.17, 15) is 0 Å². The zero-order valence-electron chi connectivity index (χ0n) is 13.2. The maximum absolute atomic E-state index is 4.21. The quantitative estimate of drug-likeness (QED) is 0.584. The Kier molecular flexibility index (Phi) is 7.76. The standard InChI is InChI=1S/C16H31N3/c1-14(2)9-6-5-7-12-19-16(13-17-18-19)11-8-10-15(3)4/h13-15H,5-12H2,1-4H3. The highest BCUT2D eigenvalue weighted by Crippen LogP contribution is 2.11. The molecule has 0 aliphatic carbocycles. The predicted molar refractivity (Wildman–Crippen MR) is 81.1 cm³/mol. The van der Waals surface area contributed by atoms with Crippen molar-refractivity contribution in [1.29, 1.82) is 0 Å². The summed E-state index contributed by atoms with van der Waals surface area (Å²) in [6.45, 7) is 10.2. The summed E-state index contributed by atoms with van der Waals surface area (Å²) in [7, 11) is 0. The SMILES string of the molecule is CC(C)CCCCCn1nncc1CCCC(C)C. The van der Waals surface area contributed by atoms with E-state index in [0.29, 0.717) is 0 Å². The van der Waals surface area contributed by atoms with Crippen molar-refractivity contribution in [2.45, 2.75) is 79.2 Å². The van der Waals surface area contributed by atoms with Crippen LogP contribution in [0.5, 0.6) is 0 Å². The topological polar surface area (TPSA) is 30.7 Å². The van der Waals surface area contributed by atoms with Crippen molar-refractivity contribution in [3.63, 3.8) is 0 Å². The van der Waals surface area contributed by atoms with Crippen molar-refractivity contribution in [2.24, 2.45) is 11.8 Å². The summed E-state index contributed by atoms with van der Waals surface area (Å²) in [6.07, 6.45) is 10.8. The van der Waals surface area contributed by atoms with Crippen molar-refractivity contribution < 1.29 is 0 Å². The molecule has 0 fully saturated rings. The van der Waals surface area contributed by atoms with Gasteiger partial charge in [-0.15, -0.1) is 5.10 Å². The van der Waals surface area contributed by atoms with Crippen LogP contribution in [0.15, 0.2) is 6.20 Å². The smallest absolute Gasteiger partial charge is 0.0725 e. The molecule has 0 radical (unpaired) electrons. The first kappa shape index (κ1) is 16.2. The van der Waals surface area contributed by atoms with E-state index in [2.05, 4.69) is 42.7 Å². The summed E-state index contributed by atoms with van der Waals surface area (Å²) in [5.74, 6) is 1.62. The van der Waals surface area contributed by atoms with Gasteiger partial charge in [-0.25, -0.2) is 4.68 Å². The van der Waals surface area contributed by atoms with Crippen molar-refractivity contribution in [1.82, 2.24) is 15.0 Å². The normalized spacial score (nSPS) is 11.7. The van der Waals surface area contributed by atoms with E-state index in [-0.39, 0.29) is 0 Å². The van der Waals surface area contributed by atoms with E-state index in [4.69, 9.17) is 0 Å². The van der Waals surface area contributed by atoms with Crippen molar-refractivity contribution in [3.8, 4) is 0 Å². The van der Waals surface area contributed by atoms with Crippen LogP contribution in [0.2, 0.25) is 0 Å². The Morgan fingerprint density at radius 1 is 0.947 bits per heavy atom. The molecule has 0 aliphatic heterocycles. The third-order valence-electron chi connectivity index (χ3n) is 3.56. The van der Waals surface area contributed by atoms with Crippen LogP contribution in [0.3, 0.4) is 0 Å². The molecule has 3 nitrogen and oxygen atoms in total. The number of unbranched alkanes of at least 4 members (excludes halogenated alkanes) is 2. The Morgan fingerprint density at radius 2 is 1.63 bits per heavy atom. The van der Waals surface area contributed by atoms with Gasteiger partial charge in [0, 0.05) is 6.54 Å². The first-order chi connectivity index (χ1) is 9.09. The van der Waals surface area contributed by atoms with E-state index >= 15 is 0 Å². The highest BCUT2D eigenvalue weighted by molar-refractivity contribution is 4.93. The number of hydrogen-bond donors (Lipinski definition) is 0. The second-order valence-corrected chi connectivity index (χ2v) is 6.48. The lowest BCUT2D eigenvalue weighted by Gasteiger charge is -2.08. The number of hydrogen-bond acceptors (Lipinski definition) is 2. The summed E-state index contributed by atoms with van der Waals surface area (Å²) < 4.78 is 2.11. The maximum atomic E-state index is 4.21. The minimum absolute atomic E-state index is 0.792. The highest BCUT2D eigenvalue weighted by atomic mass is 15.4. The average Bonchev–Trinajstić information content (AvgIpc) is 2.75. The summed E-state index contributed by atoms with van der Waals surface area (Å²) in [5, 5.41) is 8.27. The Bertz CT molecular complexity index is 328.